The molecule has 2 aromatic carbocycles. The van der Waals surface area contributed by atoms with Gasteiger partial charge in [-0.2, -0.15) is 5.26 Å². The zero-order valence-corrected chi connectivity index (χ0v) is 18.1. The molecule has 0 saturated heterocycles. The number of hydrogen-bond acceptors (Lipinski definition) is 2. The number of amides is 1. The molecule has 1 aliphatic carbocycles. The van der Waals surface area contributed by atoms with Crippen LogP contribution in [0.1, 0.15) is 48.1 Å². The Bertz CT molecular complexity index is 1250. The number of aromatic nitrogens is 1. The first kappa shape index (κ1) is 22.0. The normalized spacial score (nSPS) is 16.5. The molecule has 1 aromatic heterocycles. The second kappa shape index (κ2) is 9.13. The molecule has 4 rings (SSSR count). The SMILES string of the molecule is N#Cc1ccc2c(c1)c1c(n2C(N)=O)CCC(C/C=C/c2cc(F)c(Cl)c(F)c2)CCC1. The Hall–Kier alpha value is -3.17. The number of fused-ring (bicyclic) bond motifs is 3. The average Bonchev–Trinajstić information content (AvgIpc) is 3.05. The van der Waals surface area contributed by atoms with Crippen LogP contribution in [0, 0.1) is 28.9 Å². The molecular formula is C25H22ClF2N3O. The van der Waals surface area contributed by atoms with Crippen molar-refractivity contribution in [2.45, 2.75) is 38.5 Å². The summed E-state index contributed by atoms with van der Waals surface area (Å²) in [5, 5.41) is 9.68. The van der Waals surface area contributed by atoms with Gasteiger partial charge in [0.05, 0.1) is 17.1 Å². The first-order chi connectivity index (χ1) is 15.4. The van der Waals surface area contributed by atoms with Gasteiger partial charge in [0.25, 0.3) is 0 Å². The van der Waals surface area contributed by atoms with Gasteiger partial charge in [-0.3, -0.25) is 4.57 Å². The molecule has 1 heterocycles. The molecule has 0 aliphatic heterocycles. The van der Waals surface area contributed by atoms with Gasteiger partial charge in [0.1, 0.15) is 16.7 Å². The predicted octanol–water partition coefficient (Wildman–Crippen LogP) is 6.36. The molecule has 2 N–H and O–H groups in total. The van der Waals surface area contributed by atoms with Gasteiger partial charge >= 0.3 is 6.03 Å². The van der Waals surface area contributed by atoms with E-state index in [4.69, 9.17) is 17.3 Å². The van der Waals surface area contributed by atoms with Crippen molar-refractivity contribution in [3.8, 4) is 6.07 Å². The van der Waals surface area contributed by atoms with E-state index in [-0.39, 0.29) is 0 Å². The number of carbonyl (C=O) groups is 1. The molecule has 0 saturated carbocycles. The van der Waals surface area contributed by atoms with E-state index in [2.05, 4.69) is 6.07 Å². The average molecular weight is 454 g/mol. The van der Waals surface area contributed by atoms with Gasteiger partial charge in [-0.25, -0.2) is 13.6 Å². The minimum Gasteiger partial charge on any atom is -0.351 e. The third-order valence-corrected chi connectivity index (χ3v) is 6.51. The minimum atomic E-state index is -0.774. The fourth-order valence-corrected chi connectivity index (χ4v) is 4.74. The molecule has 7 heteroatoms. The molecule has 164 valence electrons. The Morgan fingerprint density at radius 1 is 1.22 bits per heavy atom. The van der Waals surface area contributed by atoms with Crippen LogP contribution in [0.2, 0.25) is 5.02 Å². The Labute approximate surface area is 189 Å². The number of benzene rings is 2. The summed E-state index contributed by atoms with van der Waals surface area (Å²) in [6.45, 7) is 0. The highest BCUT2D eigenvalue weighted by Crippen LogP contribution is 2.34. The van der Waals surface area contributed by atoms with Crippen LogP contribution in [-0.2, 0) is 12.8 Å². The maximum Gasteiger partial charge on any atom is 0.323 e. The topological polar surface area (TPSA) is 71.8 Å². The van der Waals surface area contributed by atoms with Crippen LogP contribution in [0.25, 0.3) is 17.0 Å². The van der Waals surface area contributed by atoms with Crippen LogP contribution in [-0.4, -0.2) is 10.6 Å². The monoisotopic (exact) mass is 453 g/mol. The number of nitrogens with two attached hydrogens (primary N) is 1. The van der Waals surface area contributed by atoms with E-state index in [0.717, 1.165) is 54.3 Å². The lowest BCUT2D eigenvalue weighted by Gasteiger charge is -2.20. The van der Waals surface area contributed by atoms with Crippen LogP contribution in [0.4, 0.5) is 13.6 Å². The fourth-order valence-electron chi connectivity index (χ4n) is 4.63. The Kier molecular flexibility index (Phi) is 6.29. The number of halogens is 3. The van der Waals surface area contributed by atoms with Crippen molar-refractivity contribution in [3.63, 3.8) is 0 Å². The lowest BCUT2D eigenvalue weighted by atomic mass is 9.87. The first-order valence-electron chi connectivity index (χ1n) is 10.6. The third-order valence-electron chi connectivity index (χ3n) is 6.14. The Morgan fingerprint density at radius 3 is 2.66 bits per heavy atom. The van der Waals surface area contributed by atoms with Gasteiger partial charge < -0.3 is 5.73 Å². The molecular weight excluding hydrogens is 432 g/mol. The highest BCUT2D eigenvalue weighted by atomic mass is 35.5. The molecule has 0 fully saturated rings. The van der Waals surface area contributed by atoms with Crippen molar-refractivity contribution in [2.24, 2.45) is 11.7 Å². The van der Waals surface area contributed by atoms with Gasteiger partial charge in [-0.05, 0) is 85.9 Å². The fraction of sp³-hybridized carbons (Fsp3) is 0.280. The minimum absolute atomic E-state index is 0.371. The van der Waals surface area contributed by atoms with E-state index in [0.29, 0.717) is 23.5 Å². The van der Waals surface area contributed by atoms with Gasteiger partial charge in [0, 0.05) is 11.1 Å². The zero-order chi connectivity index (χ0) is 22.8. The maximum atomic E-state index is 13.6. The highest BCUT2D eigenvalue weighted by molar-refractivity contribution is 6.30. The summed E-state index contributed by atoms with van der Waals surface area (Å²) >= 11 is 5.54. The van der Waals surface area contributed by atoms with Gasteiger partial charge in [0.15, 0.2) is 0 Å². The molecule has 0 bridgehead atoms. The van der Waals surface area contributed by atoms with Crippen LogP contribution in [0.5, 0.6) is 0 Å². The van der Waals surface area contributed by atoms with Crippen LogP contribution < -0.4 is 5.73 Å². The second-order valence-corrected chi connectivity index (χ2v) is 8.55. The smallest absolute Gasteiger partial charge is 0.323 e. The zero-order valence-electron chi connectivity index (χ0n) is 17.4. The molecule has 32 heavy (non-hydrogen) atoms. The second-order valence-electron chi connectivity index (χ2n) is 8.18. The van der Waals surface area contributed by atoms with E-state index >= 15 is 0 Å². The highest BCUT2D eigenvalue weighted by Gasteiger charge is 2.23. The number of allylic oxidation sites excluding steroid dienone is 1. The largest absolute Gasteiger partial charge is 0.351 e. The van der Waals surface area contributed by atoms with E-state index in [1.54, 1.807) is 22.8 Å². The van der Waals surface area contributed by atoms with Crippen LogP contribution >= 0.6 is 11.6 Å². The molecule has 1 atom stereocenters. The number of carbonyl (C=O) groups excluding carboxylic acids is 1. The number of nitrogens with zero attached hydrogens (tertiary/aromatic N) is 2. The van der Waals surface area contributed by atoms with Crippen LogP contribution in [0.15, 0.2) is 36.4 Å². The summed E-state index contributed by atoms with van der Waals surface area (Å²) in [6.07, 6.45) is 8.67. The number of rotatable bonds is 3. The number of primary amides is 1. The molecule has 0 radical (unpaired) electrons. The standard InChI is InChI=1S/C25H22ClF2N3O/c26-24-20(27)12-16(13-21(24)28)5-1-3-15-4-2-6-18-19-11-17(14-29)8-10-23(19)31(25(30)32)22(18)9-7-15/h1,5,8,10-13,15H,2-4,6-7,9H2,(H2,30,32)/b5-1+. The van der Waals surface area contributed by atoms with Crippen molar-refractivity contribution >= 4 is 34.6 Å². The molecule has 3 aromatic rings. The van der Waals surface area contributed by atoms with Crippen molar-refractivity contribution in [2.75, 3.05) is 0 Å². The Balaban J connectivity index is 1.55. The first-order valence-corrected chi connectivity index (χ1v) is 10.9. The summed E-state index contributed by atoms with van der Waals surface area (Å²) in [6, 6.07) is 9.38. The summed E-state index contributed by atoms with van der Waals surface area (Å²) < 4.78 is 28.8. The van der Waals surface area contributed by atoms with Crippen molar-refractivity contribution in [3.05, 3.63) is 75.4 Å². The molecule has 0 spiro atoms. The van der Waals surface area contributed by atoms with E-state index in [1.165, 1.54) is 12.1 Å². The lowest BCUT2D eigenvalue weighted by Crippen LogP contribution is -2.22. The number of hydrogen-bond donors (Lipinski definition) is 1. The quantitative estimate of drug-likeness (QED) is 0.468. The van der Waals surface area contributed by atoms with Crippen molar-refractivity contribution < 1.29 is 13.6 Å². The van der Waals surface area contributed by atoms with Crippen LogP contribution in [0.3, 0.4) is 0 Å². The third kappa shape index (κ3) is 4.26. The van der Waals surface area contributed by atoms with Gasteiger partial charge in [0.2, 0.25) is 0 Å². The summed E-state index contributed by atoms with van der Waals surface area (Å²) in [4.78, 5) is 12.2. The lowest BCUT2D eigenvalue weighted by molar-refractivity contribution is 0.250. The summed E-state index contributed by atoms with van der Waals surface area (Å²) in [5.41, 5.74) is 9.44. The number of nitriles is 1. The summed E-state index contributed by atoms with van der Waals surface area (Å²) in [7, 11) is 0. The van der Waals surface area contributed by atoms with E-state index < -0.39 is 22.7 Å². The molecule has 1 aliphatic rings. The van der Waals surface area contributed by atoms with Gasteiger partial charge in [-0.1, -0.05) is 23.8 Å². The van der Waals surface area contributed by atoms with Gasteiger partial charge in [-0.15, -0.1) is 0 Å². The Morgan fingerprint density at radius 2 is 1.97 bits per heavy atom. The maximum absolute atomic E-state index is 13.6. The van der Waals surface area contributed by atoms with Crippen molar-refractivity contribution in [1.29, 1.82) is 5.26 Å². The van der Waals surface area contributed by atoms with E-state index in [1.807, 2.05) is 12.1 Å². The molecule has 1 unspecified atom stereocenters. The van der Waals surface area contributed by atoms with Crippen molar-refractivity contribution in [1.82, 2.24) is 4.57 Å². The molecule has 1 amide bonds. The molecule has 4 nitrogen and oxygen atoms in total. The van der Waals surface area contributed by atoms with E-state index in [9.17, 15) is 18.8 Å². The predicted molar refractivity (Wildman–Crippen MR) is 121 cm³/mol. The number of aryl methyl sites for hydroxylation is 1. The summed E-state index contributed by atoms with van der Waals surface area (Å²) in [5.74, 6) is -1.18.